The van der Waals surface area contributed by atoms with Crippen LogP contribution in [0.15, 0.2) is 31.1 Å². The van der Waals surface area contributed by atoms with E-state index in [0.717, 1.165) is 5.56 Å². The molecule has 0 aliphatic carbocycles. The number of aryl methyl sites for hydroxylation is 1. The Labute approximate surface area is 151 Å². The van der Waals surface area contributed by atoms with Gasteiger partial charge in [-0.3, -0.25) is 4.79 Å². The van der Waals surface area contributed by atoms with Crippen molar-refractivity contribution in [3.05, 3.63) is 47.4 Å². The fourth-order valence-corrected chi connectivity index (χ4v) is 2.77. The first-order valence-corrected chi connectivity index (χ1v) is 8.40. The number of carbonyl (C=O) groups excluding carboxylic acids is 1. The lowest BCUT2D eigenvalue weighted by Crippen LogP contribution is -2.46. The lowest BCUT2D eigenvalue weighted by atomic mass is 9.86. The van der Waals surface area contributed by atoms with E-state index in [2.05, 4.69) is 41.2 Å². The van der Waals surface area contributed by atoms with E-state index in [1.54, 1.807) is 24.9 Å². The molecule has 7 nitrogen and oxygen atoms in total. The maximum Gasteiger partial charge on any atom is 0.273 e. The van der Waals surface area contributed by atoms with Crippen molar-refractivity contribution < 1.29 is 4.79 Å². The Kier molecular flexibility index (Phi) is 4.51. The van der Waals surface area contributed by atoms with Crippen LogP contribution in [0.1, 0.15) is 36.8 Å². The molecule has 0 fully saturated rings. The van der Waals surface area contributed by atoms with Gasteiger partial charge in [-0.25, -0.2) is 14.5 Å². The summed E-state index contributed by atoms with van der Waals surface area (Å²) in [5, 5.41) is 7.61. The smallest absolute Gasteiger partial charge is 0.273 e. The Morgan fingerprint density at radius 2 is 2.16 bits per heavy atom. The Morgan fingerprint density at radius 3 is 2.80 bits per heavy atom. The van der Waals surface area contributed by atoms with Gasteiger partial charge in [0.15, 0.2) is 11.3 Å². The van der Waals surface area contributed by atoms with Gasteiger partial charge in [0.1, 0.15) is 5.02 Å². The maximum atomic E-state index is 12.8. The predicted molar refractivity (Wildman–Crippen MR) is 95.7 cm³/mol. The highest BCUT2D eigenvalue weighted by Gasteiger charge is 2.29. The second-order valence-corrected chi connectivity index (χ2v) is 7.59. The number of carbonyl (C=O) groups is 1. The number of nitrogens with one attached hydrogen (secondary N) is 1. The number of fused-ring (bicyclic) bond motifs is 1. The van der Waals surface area contributed by atoms with Gasteiger partial charge in [-0.05, 0) is 17.9 Å². The third-order valence-electron chi connectivity index (χ3n) is 4.06. The van der Waals surface area contributed by atoms with Crippen LogP contribution in [0.4, 0.5) is 0 Å². The summed E-state index contributed by atoms with van der Waals surface area (Å²) in [6.07, 6.45) is 8.80. The van der Waals surface area contributed by atoms with Crippen molar-refractivity contribution in [2.24, 2.45) is 5.41 Å². The molecule has 25 heavy (non-hydrogen) atoms. The average Bonchev–Trinajstić information content (AvgIpc) is 3.13. The molecule has 0 aliphatic heterocycles. The minimum atomic E-state index is -0.312. The molecule has 0 aromatic carbocycles. The molecule has 0 aliphatic rings. The summed E-state index contributed by atoms with van der Waals surface area (Å²) in [6, 6.07) is -0.121. The summed E-state index contributed by atoms with van der Waals surface area (Å²) in [6.45, 7) is 8.74. The number of amides is 1. The minimum Gasteiger partial charge on any atom is -0.346 e. The number of hydrogen-bond donors (Lipinski definition) is 1. The van der Waals surface area contributed by atoms with Gasteiger partial charge in [-0.15, -0.1) is 0 Å². The molecule has 0 saturated carbocycles. The van der Waals surface area contributed by atoms with Gasteiger partial charge in [0, 0.05) is 31.3 Å². The molecule has 1 N–H and O–H groups in total. The van der Waals surface area contributed by atoms with E-state index >= 15 is 0 Å². The van der Waals surface area contributed by atoms with Gasteiger partial charge >= 0.3 is 0 Å². The maximum absolute atomic E-state index is 12.8. The Morgan fingerprint density at radius 1 is 1.40 bits per heavy atom. The van der Waals surface area contributed by atoms with Crippen molar-refractivity contribution in [3.8, 4) is 0 Å². The van der Waals surface area contributed by atoms with Crippen molar-refractivity contribution in [3.63, 3.8) is 0 Å². The highest BCUT2D eigenvalue weighted by molar-refractivity contribution is 6.36. The average molecular weight is 361 g/mol. The van der Waals surface area contributed by atoms with Crippen LogP contribution in [0.5, 0.6) is 0 Å². The van der Waals surface area contributed by atoms with Gasteiger partial charge in [0.05, 0.1) is 12.4 Å². The fraction of sp³-hybridized carbons (Fsp3) is 0.412. The van der Waals surface area contributed by atoms with E-state index in [1.807, 2.05) is 17.7 Å². The molecule has 0 spiro atoms. The van der Waals surface area contributed by atoms with Crippen molar-refractivity contribution in [2.45, 2.75) is 40.3 Å². The molecule has 3 rings (SSSR count). The largest absolute Gasteiger partial charge is 0.346 e. The molecule has 3 aromatic rings. The van der Waals surface area contributed by atoms with Gasteiger partial charge < -0.3 is 9.88 Å². The third-order valence-corrected chi connectivity index (χ3v) is 4.41. The molecule has 0 unspecified atom stereocenters. The topological polar surface area (TPSA) is 77.1 Å². The fourth-order valence-electron chi connectivity index (χ4n) is 2.51. The van der Waals surface area contributed by atoms with E-state index in [0.29, 0.717) is 12.2 Å². The first kappa shape index (κ1) is 17.4. The SMILES string of the molecule is Cc1cnc2c(Cl)c(C(=O)N[C@H](Cn3ccnc3)C(C)(C)C)nn2c1. The monoisotopic (exact) mass is 360 g/mol. The molecule has 1 atom stereocenters. The van der Waals surface area contributed by atoms with E-state index < -0.39 is 0 Å². The van der Waals surface area contributed by atoms with E-state index in [9.17, 15) is 4.79 Å². The molecule has 3 aromatic heterocycles. The molecular formula is C17H21ClN6O. The zero-order valence-electron chi connectivity index (χ0n) is 14.7. The highest BCUT2D eigenvalue weighted by atomic mass is 35.5. The van der Waals surface area contributed by atoms with E-state index in [4.69, 9.17) is 11.6 Å². The van der Waals surface area contributed by atoms with Crippen LogP contribution in [-0.2, 0) is 6.54 Å². The first-order chi connectivity index (χ1) is 11.8. The Balaban J connectivity index is 1.87. The summed E-state index contributed by atoms with van der Waals surface area (Å²) in [4.78, 5) is 21.1. The molecule has 0 saturated heterocycles. The van der Waals surface area contributed by atoms with Crippen molar-refractivity contribution in [1.82, 2.24) is 29.5 Å². The number of imidazole rings is 1. The third kappa shape index (κ3) is 3.66. The standard InChI is InChI=1S/C17H21ClN6O/c1-11-7-20-15-13(18)14(22-24(15)8-11)16(25)21-12(17(2,3)4)9-23-6-5-19-10-23/h5-8,10,12H,9H2,1-4H3,(H,21,25)/t12-/m1/s1. The Hall–Kier alpha value is -2.41. The van der Waals surface area contributed by atoms with Crippen LogP contribution in [-0.4, -0.2) is 36.1 Å². The first-order valence-electron chi connectivity index (χ1n) is 8.03. The van der Waals surface area contributed by atoms with Crippen molar-refractivity contribution in [2.75, 3.05) is 0 Å². The van der Waals surface area contributed by atoms with Crippen molar-refractivity contribution >= 4 is 23.2 Å². The van der Waals surface area contributed by atoms with Crippen LogP contribution in [0, 0.1) is 12.3 Å². The van der Waals surface area contributed by atoms with Crippen LogP contribution in [0.3, 0.4) is 0 Å². The van der Waals surface area contributed by atoms with Crippen LogP contribution < -0.4 is 5.32 Å². The Bertz CT molecular complexity index is 894. The second-order valence-electron chi connectivity index (χ2n) is 7.21. The highest BCUT2D eigenvalue weighted by Crippen LogP contribution is 2.24. The van der Waals surface area contributed by atoms with Crippen LogP contribution >= 0.6 is 11.6 Å². The summed E-state index contributed by atoms with van der Waals surface area (Å²) in [5.41, 5.74) is 1.44. The van der Waals surface area contributed by atoms with Gasteiger partial charge in [-0.1, -0.05) is 32.4 Å². The van der Waals surface area contributed by atoms with Gasteiger partial charge in [0.2, 0.25) is 0 Å². The van der Waals surface area contributed by atoms with Gasteiger partial charge in [-0.2, -0.15) is 5.10 Å². The normalized spacial score (nSPS) is 13.2. The van der Waals surface area contributed by atoms with E-state index in [-0.39, 0.29) is 28.1 Å². The molecule has 1 amide bonds. The summed E-state index contributed by atoms with van der Waals surface area (Å²) < 4.78 is 3.47. The number of halogens is 1. The molecule has 0 radical (unpaired) electrons. The summed E-state index contributed by atoms with van der Waals surface area (Å²) in [7, 11) is 0. The lowest BCUT2D eigenvalue weighted by molar-refractivity contribution is 0.0887. The van der Waals surface area contributed by atoms with E-state index in [1.165, 1.54) is 4.52 Å². The van der Waals surface area contributed by atoms with Crippen LogP contribution in [0.25, 0.3) is 5.65 Å². The quantitative estimate of drug-likeness (QED) is 0.776. The number of nitrogens with zero attached hydrogens (tertiary/aromatic N) is 5. The molecule has 3 heterocycles. The van der Waals surface area contributed by atoms with Gasteiger partial charge in [0.25, 0.3) is 5.91 Å². The predicted octanol–water partition coefficient (Wildman–Crippen LogP) is 2.73. The molecule has 132 valence electrons. The molecule has 8 heteroatoms. The van der Waals surface area contributed by atoms with Crippen molar-refractivity contribution in [1.29, 1.82) is 0 Å². The lowest BCUT2D eigenvalue weighted by Gasteiger charge is -2.31. The number of rotatable bonds is 4. The second kappa shape index (κ2) is 6.48. The zero-order chi connectivity index (χ0) is 18.2. The summed E-state index contributed by atoms with van der Waals surface area (Å²) in [5.74, 6) is -0.312. The zero-order valence-corrected chi connectivity index (χ0v) is 15.4. The molecular weight excluding hydrogens is 340 g/mol. The molecule has 0 bridgehead atoms. The van der Waals surface area contributed by atoms with Crippen LogP contribution in [0.2, 0.25) is 5.02 Å². The summed E-state index contributed by atoms with van der Waals surface area (Å²) >= 11 is 6.32. The number of aromatic nitrogens is 5. The number of hydrogen-bond acceptors (Lipinski definition) is 4. The minimum absolute atomic E-state index is 0.121.